The fourth-order valence-corrected chi connectivity index (χ4v) is 1.91. The second kappa shape index (κ2) is 2.79. The SMILES string of the molecule is CCc1nnc2cc(C3(N)CC3)ccn12. The van der Waals surface area contributed by atoms with E-state index in [1.165, 1.54) is 5.56 Å². The third-order valence-corrected chi connectivity index (χ3v) is 3.16. The summed E-state index contributed by atoms with van der Waals surface area (Å²) < 4.78 is 2.02. The average molecular weight is 202 g/mol. The van der Waals surface area contributed by atoms with Gasteiger partial charge in [-0.15, -0.1) is 10.2 Å². The van der Waals surface area contributed by atoms with Crippen molar-refractivity contribution in [3.05, 3.63) is 29.7 Å². The van der Waals surface area contributed by atoms with Crippen LogP contribution >= 0.6 is 0 Å². The highest BCUT2D eigenvalue weighted by atomic mass is 15.2. The van der Waals surface area contributed by atoms with Crippen LogP contribution in [0.3, 0.4) is 0 Å². The van der Waals surface area contributed by atoms with Crippen LogP contribution in [0.15, 0.2) is 18.3 Å². The van der Waals surface area contributed by atoms with Crippen LogP contribution < -0.4 is 5.73 Å². The van der Waals surface area contributed by atoms with E-state index in [0.29, 0.717) is 0 Å². The van der Waals surface area contributed by atoms with Crippen molar-refractivity contribution in [1.29, 1.82) is 0 Å². The Morgan fingerprint density at radius 2 is 2.27 bits per heavy atom. The summed E-state index contributed by atoms with van der Waals surface area (Å²) in [6, 6.07) is 4.14. The number of rotatable bonds is 2. The third kappa shape index (κ3) is 1.25. The van der Waals surface area contributed by atoms with Gasteiger partial charge >= 0.3 is 0 Å². The zero-order chi connectivity index (χ0) is 10.5. The number of aryl methyl sites for hydroxylation is 1. The Bertz CT molecular complexity index is 510. The first-order valence-corrected chi connectivity index (χ1v) is 5.36. The standard InChI is InChI=1S/C11H14N4/c1-2-9-13-14-10-7-8(3-6-15(9)10)11(12)4-5-11/h3,6-7H,2,4-5,12H2,1H3. The van der Waals surface area contributed by atoms with E-state index >= 15 is 0 Å². The smallest absolute Gasteiger partial charge is 0.161 e. The molecule has 1 aliphatic carbocycles. The molecule has 2 aromatic heterocycles. The van der Waals surface area contributed by atoms with Gasteiger partial charge in [0.15, 0.2) is 5.65 Å². The topological polar surface area (TPSA) is 56.2 Å². The molecule has 0 spiro atoms. The molecule has 3 rings (SSSR count). The van der Waals surface area contributed by atoms with Gasteiger partial charge in [0.1, 0.15) is 5.82 Å². The van der Waals surface area contributed by atoms with Crippen LogP contribution in [0.2, 0.25) is 0 Å². The lowest BCUT2D eigenvalue weighted by molar-refractivity contribution is 0.738. The number of aromatic nitrogens is 3. The van der Waals surface area contributed by atoms with Gasteiger partial charge < -0.3 is 5.73 Å². The van der Waals surface area contributed by atoms with Gasteiger partial charge in [0.05, 0.1) is 0 Å². The van der Waals surface area contributed by atoms with E-state index in [0.717, 1.165) is 30.7 Å². The highest BCUT2D eigenvalue weighted by Crippen LogP contribution is 2.42. The quantitative estimate of drug-likeness (QED) is 0.797. The molecule has 0 aliphatic heterocycles. The normalized spacial score (nSPS) is 18.3. The Morgan fingerprint density at radius 1 is 1.47 bits per heavy atom. The number of pyridine rings is 1. The van der Waals surface area contributed by atoms with Crippen LogP contribution in [-0.2, 0) is 12.0 Å². The molecule has 0 atom stereocenters. The molecule has 0 radical (unpaired) electrons. The molecule has 15 heavy (non-hydrogen) atoms. The summed E-state index contributed by atoms with van der Waals surface area (Å²) in [5, 5.41) is 8.28. The Hall–Kier alpha value is -1.42. The van der Waals surface area contributed by atoms with Crippen molar-refractivity contribution in [2.75, 3.05) is 0 Å². The fraction of sp³-hybridized carbons (Fsp3) is 0.455. The van der Waals surface area contributed by atoms with E-state index in [2.05, 4.69) is 29.3 Å². The van der Waals surface area contributed by atoms with Crippen LogP contribution in [0.25, 0.3) is 5.65 Å². The molecule has 1 fully saturated rings. The zero-order valence-corrected chi connectivity index (χ0v) is 8.77. The van der Waals surface area contributed by atoms with E-state index in [4.69, 9.17) is 5.73 Å². The Labute approximate surface area is 88.1 Å². The van der Waals surface area contributed by atoms with E-state index < -0.39 is 0 Å². The van der Waals surface area contributed by atoms with E-state index in [1.807, 2.05) is 10.6 Å². The molecule has 0 aromatic carbocycles. The largest absolute Gasteiger partial charge is 0.321 e. The molecule has 2 heterocycles. The van der Waals surface area contributed by atoms with Crippen LogP contribution in [0.1, 0.15) is 31.2 Å². The first-order valence-electron chi connectivity index (χ1n) is 5.36. The number of nitrogens with two attached hydrogens (primary N) is 1. The summed E-state index contributed by atoms with van der Waals surface area (Å²) in [4.78, 5) is 0. The highest BCUT2D eigenvalue weighted by Gasteiger charge is 2.40. The molecular formula is C11H14N4. The minimum Gasteiger partial charge on any atom is -0.321 e. The van der Waals surface area contributed by atoms with Gasteiger partial charge in [0, 0.05) is 18.2 Å². The van der Waals surface area contributed by atoms with Crippen molar-refractivity contribution in [3.8, 4) is 0 Å². The van der Waals surface area contributed by atoms with Crippen molar-refractivity contribution in [2.24, 2.45) is 5.73 Å². The molecule has 4 heteroatoms. The van der Waals surface area contributed by atoms with Crippen molar-refractivity contribution in [2.45, 2.75) is 31.7 Å². The summed E-state index contributed by atoms with van der Waals surface area (Å²) in [7, 11) is 0. The van der Waals surface area contributed by atoms with Crippen molar-refractivity contribution in [1.82, 2.24) is 14.6 Å². The molecule has 0 unspecified atom stereocenters. The first-order chi connectivity index (χ1) is 7.23. The monoisotopic (exact) mass is 202 g/mol. The summed E-state index contributed by atoms with van der Waals surface area (Å²) in [5.41, 5.74) is 8.15. The Kier molecular flexibility index (Phi) is 1.65. The second-order valence-corrected chi connectivity index (χ2v) is 4.27. The van der Waals surface area contributed by atoms with Crippen molar-refractivity contribution in [3.63, 3.8) is 0 Å². The fourth-order valence-electron chi connectivity index (χ4n) is 1.91. The number of nitrogens with zero attached hydrogens (tertiary/aromatic N) is 3. The van der Waals surface area contributed by atoms with Crippen LogP contribution in [0.5, 0.6) is 0 Å². The molecule has 2 N–H and O–H groups in total. The minimum absolute atomic E-state index is 0.0833. The van der Waals surface area contributed by atoms with Gasteiger partial charge in [-0.3, -0.25) is 4.40 Å². The Balaban J connectivity index is 2.15. The number of hydrogen-bond donors (Lipinski definition) is 1. The third-order valence-electron chi connectivity index (χ3n) is 3.16. The molecule has 4 nitrogen and oxygen atoms in total. The summed E-state index contributed by atoms with van der Waals surface area (Å²) in [6.45, 7) is 2.08. The van der Waals surface area contributed by atoms with Gasteiger partial charge in [-0.1, -0.05) is 6.92 Å². The lowest BCUT2D eigenvalue weighted by atomic mass is 10.1. The Morgan fingerprint density at radius 3 is 2.93 bits per heavy atom. The van der Waals surface area contributed by atoms with Gasteiger partial charge in [0.25, 0.3) is 0 Å². The maximum Gasteiger partial charge on any atom is 0.161 e. The lowest BCUT2D eigenvalue weighted by Crippen LogP contribution is -2.18. The summed E-state index contributed by atoms with van der Waals surface area (Å²) >= 11 is 0. The summed E-state index contributed by atoms with van der Waals surface area (Å²) in [5.74, 6) is 0.999. The molecule has 0 bridgehead atoms. The molecular weight excluding hydrogens is 188 g/mol. The maximum absolute atomic E-state index is 6.14. The first kappa shape index (κ1) is 8.85. The molecule has 0 amide bonds. The van der Waals surface area contributed by atoms with Crippen LogP contribution in [0, 0.1) is 0 Å². The van der Waals surface area contributed by atoms with Crippen molar-refractivity contribution >= 4 is 5.65 Å². The number of hydrogen-bond acceptors (Lipinski definition) is 3. The van der Waals surface area contributed by atoms with Gasteiger partial charge in [-0.25, -0.2) is 0 Å². The summed E-state index contributed by atoms with van der Waals surface area (Å²) in [6.07, 6.45) is 5.08. The average Bonchev–Trinajstić information content (AvgIpc) is 2.88. The van der Waals surface area contributed by atoms with Gasteiger partial charge in [-0.2, -0.15) is 0 Å². The predicted molar refractivity (Wildman–Crippen MR) is 57.5 cm³/mol. The lowest BCUT2D eigenvalue weighted by Gasteiger charge is -2.08. The molecule has 2 aromatic rings. The maximum atomic E-state index is 6.14. The molecule has 1 saturated carbocycles. The van der Waals surface area contributed by atoms with E-state index in [1.54, 1.807) is 0 Å². The molecule has 0 saturated heterocycles. The highest BCUT2D eigenvalue weighted by molar-refractivity contribution is 5.45. The molecule has 78 valence electrons. The van der Waals surface area contributed by atoms with Gasteiger partial charge in [0.2, 0.25) is 0 Å². The molecule has 1 aliphatic rings. The minimum atomic E-state index is -0.0833. The van der Waals surface area contributed by atoms with Gasteiger partial charge in [-0.05, 0) is 30.5 Å². The zero-order valence-electron chi connectivity index (χ0n) is 8.77. The number of fused-ring (bicyclic) bond motifs is 1. The second-order valence-electron chi connectivity index (χ2n) is 4.27. The van der Waals surface area contributed by atoms with Crippen LogP contribution in [-0.4, -0.2) is 14.6 Å². The van der Waals surface area contributed by atoms with E-state index in [9.17, 15) is 0 Å². The van der Waals surface area contributed by atoms with Crippen LogP contribution in [0.4, 0.5) is 0 Å². The van der Waals surface area contributed by atoms with Crippen molar-refractivity contribution < 1.29 is 0 Å². The predicted octanol–water partition coefficient (Wildman–Crippen LogP) is 1.24. The van der Waals surface area contributed by atoms with E-state index in [-0.39, 0.29) is 5.54 Å².